The lowest BCUT2D eigenvalue weighted by Gasteiger charge is -2.30. The van der Waals surface area contributed by atoms with E-state index in [9.17, 15) is 4.79 Å². The van der Waals surface area contributed by atoms with Gasteiger partial charge in [0.1, 0.15) is 5.54 Å². The van der Waals surface area contributed by atoms with Crippen molar-refractivity contribution in [2.75, 3.05) is 19.6 Å². The third-order valence-corrected chi connectivity index (χ3v) is 4.13. The molecule has 4 heteroatoms. The van der Waals surface area contributed by atoms with E-state index in [1.165, 1.54) is 19.3 Å². The molecule has 1 aliphatic rings. The highest BCUT2D eigenvalue weighted by molar-refractivity contribution is 5.84. The second-order valence-electron chi connectivity index (χ2n) is 5.45. The molecule has 1 fully saturated rings. The third-order valence-electron chi connectivity index (χ3n) is 4.13. The van der Waals surface area contributed by atoms with Gasteiger partial charge in [0.25, 0.3) is 0 Å². The first-order valence-corrected chi connectivity index (χ1v) is 6.16. The average Bonchev–Trinajstić information content (AvgIpc) is 2.61. The van der Waals surface area contributed by atoms with Crippen molar-refractivity contribution in [2.24, 2.45) is 16.9 Å². The number of amides is 1. The maximum Gasteiger partial charge on any atom is 0.238 e. The molecule has 0 saturated carbocycles. The molecule has 0 radical (unpaired) electrons. The lowest BCUT2D eigenvalue weighted by molar-refractivity contribution is -0.123. The van der Waals surface area contributed by atoms with Crippen LogP contribution in [0.4, 0.5) is 0 Å². The van der Waals surface area contributed by atoms with Gasteiger partial charge in [0.2, 0.25) is 5.91 Å². The molecule has 4 N–H and O–H groups in total. The van der Waals surface area contributed by atoms with Crippen LogP contribution < -0.4 is 11.5 Å². The first-order valence-electron chi connectivity index (χ1n) is 6.16. The fraction of sp³-hybridized carbons (Fsp3) is 0.917. The van der Waals surface area contributed by atoms with E-state index in [0.717, 1.165) is 13.1 Å². The number of hydrogen-bond acceptors (Lipinski definition) is 3. The first-order chi connectivity index (χ1) is 7.35. The quantitative estimate of drug-likeness (QED) is 0.726. The van der Waals surface area contributed by atoms with Crippen LogP contribution in [0.5, 0.6) is 0 Å². The zero-order valence-corrected chi connectivity index (χ0v) is 10.8. The predicted octanol–water partition coefficient (Wildman–Crippen LogP) is 0.701. The summed E-state index contributed by atoms with van der Waals surface area (Å²) in [4.78, 5) is 13.5. The summed E-state index contributed by atoms with van der Waals surface area (Å²) < 4.78 is 0. The Labute approximate surface area is 98.3 Å². The Morgan fingerprint density at radius 1 is 1.44 bits per heavy atom. The van der Waals surface area contributed by atoms with Gasteiger partial charge in [-0.25, -0.2) is 0 Å². The summed E-state index contributed by atoms with van der Waals surface area (Å²) in [5.74, 6) is -0.419. The van der Waals surface area contributed by atoms with Gasteiger partial charge in [-0.3, -0.25) is 4.79 Å². The van der Waals surface area contributed by atoms with Crippen LogP contribution in [0.3, 0.4) is 0 Å². The Hall–Kier alpha value is -0.610. The molecule has 0 bridgehead atoms. The second-order valence-corrected chi connectivity index (χ2v) is 5.45. The lowest BCUT2D eigenvalue weighted by Crippen LogP contribution is -2.56. The van der Waals surface area contributed by atoms with Crippen LogP contribution in [0.1, 0.15) is 40.0 Å². The highest BCUT2D eigenvalue weighted by Crippen LogP contribution is 2.37. The van der Waals surface area contributed by atoms with Crippen LogP contribution in [0, 0.1) is 5.41 Å². The van der Waals surface area contributed by atoms with Gasteiger partial charge in [0.15, 0.2) is 0 Å². The lowest BCUT2D eigenvalue weighted by atomic mass is 9.82. The van der Waals surface area contributed by atoms with Gasteiger partial charge in [-0.05, 0) is 38.1 Å². The summed E-state index contributed by atoms with van der Waals surface area (Å²) in [6, 6.07) is 0. The molecular formula is C12H25N3O. The van der Waals surface area contributed by atoms with E-state index in [1.807, 2.05) is 0 Å². The van der Waals surface area contributed by atoms with Crippen LogP contribution in [0.2, 0.25) is 0 Å². The summed E-state index contributed by atoms with van der Waals surface area (Å²) in [7, 11) is 0. The Balaban J connectivity index is 2.57. The number of carbonyl (C=O) groups excluding carboxylic acids is 1. The van der Waals surface area contributed by atoms with Crippen LogP contribution >= 0.6 is 0 Å². The van der Waals surface area contributed by atoms with Gasteiger partial charge >= 0.3 is 0 Å². The average molecular weight is 227 g/mol. The first kappa shape index (κ1) is 13.5. The highest BCUT2D eigenvalue weighted by Gasteiger charge is 2.38. The molecule has 0 spiro atoms. The number of hydrogen-bond donors (Lipinski definition) is 2. The number of nitrogens with zero attached hydrogens (tertiary/aromatic N) is 1. The van der Waals surface area contributed by atoms with Crippen molar-refractivity contribution in [3.63, 3.8) is 0 Å². The number of primary amides is 1. The molecule has 1 atom stereocenters. The van der Waals surface area contributed by atoms with Crippen molar-refractivity contribution >= 4 is 5.91 Å². The van der Waals surface area contributed by atoms with E-state index in [1.54, 1.807) is 6.92 Å². The molecule has 1 saturated heterocycles. The molecule has 0 aromatic heterocycles. The monoisotopic (exact) mass is 227 g/mol. The van der Waals surface area contributed by atoms with Crippen molar-refractivity contribution in [3.05, 3.63) is 0 Å². The van der Waals surface area contributed by atoms with Gasteiger partial charge in [-0.1, -0.05) is 13.8 Å². The molecule has 1 heterocycles. The Morgan fingerprint density at radius 3 is 2.38 bits per heavy atom. The molecule has 4 nitrogen and oxygen atoms in total. The van der Waals surface area contributed by atoms with Gasteiger partial charge in [0, 0.05) is 13.1 Å². The topological polar surface area (TPSA) is 72.3 Å². The van der Waals surface area contributed by atoms with Gasteiger partial charge in [-0.15, -0.1) is 0 Å². The number of likely N-dealkylation sites (tertiary alicyclic amines) is 1. The van der Waals surface area contributed by atoms with E-state index in [0.29, 0.717) is 12.0 Å². The standard InChI is InChI=1S/C12H25N3O/c1-4-12(5-2)6-7-15(9-12)8-11(3,14)10(13)16/h4-9,14H2,1-3H3,(H2,13,16). The number of carbonyl (C=O) groups is 1. The Bertz CT molecular complexity index is 259. The summed E-state index contributed by atoms with van der Waals surface area (Å²) in [5.41, 5.74) is 10.7. The van der Waals surface area contributed by atoms with Crippen molar-refractivity contribution in [1.29, 1.82) is 0 Å². The second kappa shape index (κ2) is 4.72. The summed E-state index contributed by atoms with van der Waals surface area (Å²) in [6.45, 7) is 8.84. The minimum Gasteiger partial charge on any atom is -0.368 e. The molecule has 0 aliphatic carbocycles. The van der Waals surface area contributed by atoms with Gasteiger partial charge < -0.3 is 16.4 Å². The molecule has 1 unspecified atom stereocenters. The summed E-state index contributed by atoms with van der Waals surface area (Å²) in [5, 5.41) is 0. The fourth-order valence-electron chi connectivity index (χ4n) is 2.53. The molecular weight excluding hydrogens is 202 g/mol. The zero-order chi connectivity index (χ0) is 12.4. The zero-order valence-electron chi connectivity index (χ0n) is 10.8. The van der Waals surface area contributed by atoms with Gasteiger partial charge in [0.05, 0.1) is 0 Å². The maximum atomic E-state index is 11.2. The van der Waals surface area contributed by atoms with E-state index < -0.39 is 11.4 Å². The molecule has 0 aromatic rings. The van der Waals surface area contributed by atoms with Crippen LogP contribution in [-0.4, -0.2) is 36.0 Å². The largest absolute Gasteiger partial charge is 0.368 e. The predicted molar refractivity (Wildman–Crippen MR) is 65.9 cm³/mol. The van der Waals surface area contributed by atoms with E-state index in [2.05, 4.69) is 18.7 Å². The summed E-state index contributed by atoms with van der Waals surface area (Å²) in [6.07, 6.45) is 3.59. The fourth-order valence-corrected chi connectivity index (χ4v) is 2.53. The molecule has 1 aliphatic heterocycles. The SMILES string of the molecule is CCC1(CC)CCN(CC(C)(N)C(N)=O)C1. The maximum absolute atomic E-state index is 11.2. The van der Waals surface area contributed by atoms with Crippen molar-refractivity contribution in [3.8, 4) is 0 Å². The van der Waals surface area contributed by atoms with E-state index in [4.69, 9.17) is 11.5 Å². The van der Waals surface area contributed by atoms with Crippen LogP contribution in [0.15, 0.2) is 0 Å². The van der Waals surface area contributed by atoms with Crippen LogP contribution in [-0.2, 0) is 4.79 Å². The molecule has 0 aromatic carbocycles. The number of rotatable bonds is 5. The van der Waals surface area contributed by atoms with E-state index in [-0.39, 0.29) is 0 Å². The molecule has 94 valence electrons. The van der Waals surface area contributed by atoms with Gasteiger partial charge in [-0.2, -0.15) is 0 Å². The van der Waals surface area contributed by atoms with Crippen LogP contribution in [0.25, 0.3) is 0 Å². The third kappa shape index (κ3) is 2.74. The summed E-state index contributed by atoms with van der Waals surface area (Å²) >= 11 is 0. The van der Waals surface area contributed by atoms with E-state index >= 15 is 0 Å². The van der Waals surface area contributed by atoms with Crippen molar-refractivity contribution in [1.82, 2.24) is 4.90 Å². The highest BCUT2D eigenvalue weighted by atomic mass is 16.1. The Kier molecular flexibility index (Phi) is 3.97. The minimum atomic E-state index is -0.905. The van der Waals surface area contributed by atoms with Crippen molar-refractivity contribution in [2.45, 2.75) is 45.6 Å². The number of nitrogens with two attached hydrogens (primary N) is 2. The Morgan fingerprint density at radius 2 is 2.00 bits per heavy atom. The molecule has 1 amide bonds. The minimum absolute atomic E-state index is 0.419. The molecule has 1 rings (SSSR count). The smallest absolute Gasteiger partial charge is 0.238 e. The van der Waals surface area contributed by atoms with Crippen molar-refractivity contribution < 1.29 is 4.79 Å². The normalized spacial score (nSPS) is 24.2. The molecule has 16 heavy (non-hydrogen) atoms.